The minimum atomic E-state index is -1.30. The summed E-state index contributed by atoms with van der Waals surface area (Å²) in [5, 5.41) is 14.7. The minimum Gasteiger partial charge on any atom is -0.379 e. The van der Waals surface area contributed by atoms with E-state index in [0.29, 0.717) is 26.1 Å². The van der Waals surface area contributed by atoms with E-state index in [2.05, 4.69) is 25.9 Å². The van der Waals surface area contributed by atoms with Crippen LogP contribution in [0.25, 0.3) is 0 Å². The van der Waals surface area contributed by atoms with Crippen LogP contribution in [0.1, 0.15) is 39.3 Å². The molecule has 0 aliphatic carbocycles. The first-order chi connectivity index (χ1) is 10.2. The van der Waals surface area contributed by atoms with Crippen molar-refractivity contribution in [2.75, 3.05) is 26.7 Å². The molecule has 22 heavy (non-hydrogen) atoms. The second-order valence-corrected chi connectivity index (χ2v) is 7.59. The van der Waals surface area contributed by atoms with Crippen LogP contribution in [0.2, 0.25) is 0 Å². The van der Waals surface area contributed by atoms with Crippen LogP contribution in [0.4, 0.5) is 0 Å². The molecule has 2 rings (SSSR count). The van der Waals surface area contributed by atoms with Crippen LogP contribution in [0.5, 0.6) is 0 Å². The van der Waals surface area contributed by atoms with Crippen molar-refractivity contribution in [2.24, 2.45) is 5.41 Å². The molecule has 0 saturated carbocycles. The number of carbonyl (C=O) groups is 1. The lowest BCUT2D eigenvalue weighted by molar-refractivity contribution is -0.160. The second kappa shape index (κ2) is 6.38. The van der Waals surface area contributed by atoms with Gasteiger partial charge in [0.1, 0.15) is 6.26 Å². The van der Waals surface area contributed by atoms with Crippen LogP contribution in [0, 0.1) is 5.41 Å². The molecule has 2 heterocycles. The Kier molecular flexibility index (Phi) is 4.92. The molecule has 0 spiro atoms. The Hall–Kier alpha value is -1.40. The van der Waals surface area contributed by atoms with E-state index in [1.165, 1.54) is 6.26 Å². The Balaban J connectivity index is 1.99. The number of likely N-dealkylation sites (tertiary alicyclic amines) is 1. The molecule has 0 unspecified atom stereocenters. The summed E-state index contributed by atoms with van der Waals surface area (Å²) >= 11 is 0. The molecule has 0 aromatic carbocycles. The van der Waals surface area contributed by atoms with Gasteiger partial charge in [-0.3, -0.25) is 9.69 Å². The summed E-state index contributed by atoms with van der Waals surface area (Å²) in [6, 6.07) is 1.79. The van der Waals surface area contributed by atoms with E-state index < -0.39 is 5.60 Å². The van der Waals surface area contributed by atoms with Crippen LogP contribution in [0.15, 0.2) is 16.9 Å². The third kappa shape index (κ3) is 4.30. The van der Waals surface area contributed by atoms with Gasteiger partial charge in [0.2, 0.25) is 0 Å². The Labute approximate surface area is 132 Å². The molecular formula is C16H27N3O3. The number of carbonyl (C=O) groups excluding carboxylic acids is 1. The molecule has 1 aromatic heterocycles. The van der Waals surface area contributed by atoms with E-state index in [9.17, 15) is 9.90 Å². The Morgan fingerprint density at radius 2 is 2.23 bits per heavy atom. The van der Waals surface area contributed by atoms with Gasteiger partial charge in [0.15, 0.2) is 5.60 Å². The maximum atomic E-state index is 12.7. The number of aliphatic hydroxyl groups is 1. The highest BCUT2D eigenvalue weighted by atomic mass is 16.5. The van der Waals surface area contributed by atoms with Crippen LogP contribution < -0.4 is 0 Å². The van der Waals surface area contributed by atoms with Crippen LogP contribution >= 0.6 is 0 Å². The molecule has 124 valence electrons. The van der Waals surface area contributed by atoms with Crippen LogP contribution in [0.3, 0.4) is 0 Å². The van der Waals surface area contributed by atoms with Crippen LogP contribution in [-0.4, -0.2) is 58.3 Å². The van der Waals surface area contributed by atoms with Crippen molar-refractivity contribution < 1.29 is 14.4 Å². The molecular weight excluding hydrogens is 282 g/mol. The fraction of sp³-hybridized carbons (Fsp3) is 0.750. The maximum absolute atomic E-state index is 12.7. The van der Waals surface area contributed by atoms with Gasteiger partial charge in [0.05, 0.1) is 5.69 Å². The molecule has 1 amide bonds. The van der Waals surface area contributed by atoms with E-state index in [-0.39, 0.29) is 11.3 Å². The minimum absolute atomic E-state index is 0.0283. The van der Waals surface area contributed by atoms with Gasteiger partial charge in [0.25, 0.3) is 5.91 Å². The summed E-state index contributed by atoms with van der Waals surface area (Å²) in [4.78, 5) is 16.4. The van der Waals surface area contributed by atoms with Gasteiger partial charge in [0, 0.05) is 32.2 Å². The number of hydrogen-bond acceptors (Lipinski definition) is 5. The number of rotatable bonds is 5. The number of likely N-dealkylation sites (N-methyl/N-ethyl adjacent to an activating group) is 1. The van der Waals surface area contributed by atoms with Gasteiger partial charge in [-0.25, -0.2) is 0 Å². The summed E-state index contributed by atoms with van der Waals surface area (Å²) < 4.78 is 4.81. The van der Waals surface area contributed by atoms with Gasteiger partial charge < -0.3 is 14.5 Å². The normalized spacial score (nSPS) is 23.4. The first-order valence-corrected chi connectivity index (χ1v) is 7.79. The monoisotopic (exact) mass is 309 g/mol. The average Bonchev–Trinajstić information content (AvgIpc) is 2.86. The highest BCUT2D eigenvalue weighted by Gasteiger charge is 2.43. The molecule has 1 aliphatic rings. The molecule has 6 nitrogen and oxygen atoms in total. The third-order valence-corrected chi connectivity index (χ3v) is 3.82. The molecule has 1 fully saturated rings. The van der Waals surface area contributed by atoms with E-state index in [4.69, 9.17) is 4.52 Å². The fourth-order valence-corrected chi connectivity index (χ4v) is 3.03. The third-order valence-electron chi connectivity index (χ3n) is 3.82. The first kappa shape index (κ1) is 17.0. The van der Waals surface area contributed by atoms with Crippen molar-refractivity contribution in [3.63, 3.8) is 0 Å². The van der Waals surface area contributed by atoms with E-state index in [1.54, 1.807) is 11.0 Å². The number of nitrogens with zero attached hydrogens (tertiary/aromatic N) is 3. The zero-order valence-electron chi connectivity index (χ0n) is 14.0. The number of aromatic nitrogens is 1. The lowest BCUT2D eigenvalue weighted by Crippen LogP contribution is -2.59. The summed E-state index contributed by atoms with van der Waals surface area (Å²) in [5.74, 6) is -0.152. The Morgan fingerprint density at radius 3 is 2.82 bits per heavy atom. The predicted molar refractivity (Wildman–Crippen MR) is 83.1 cm³/mol. The molecule has 1 N–H and O–H groups in total. The molecule has 1 saturated heterocycles. The Morgan fingerprint density at radius 1 is 1.50 bits per heavy atom. The van der Waals surface area contributed by atoms with Crippen molar-refractivity contribution in [3.8, 4) is 0 Å². The maximum Gasteiger partial charge on any atom is 0.255 e. The van der Waals surface area contributed by atoms with Crippen LogP contribution in [-0.2, 0) is 11.3 Å². The molecule has 0 radical (unpaired) electrons. The van der Waals surface area contributed by atoms with Gasteiger partial charge in [-0.15, -0.1) is 0 Å². The average molecular weight is 309 g/mol. The molecule has 6 heteroatoms. The topological polar surface area (TPSA) is 69.8 Å². The van der Waals surface area contributed by atoms with E-state index >= 15 is 0 Å². The summed E-state index contributed by atoms with van der Waals surface area (Å²) in [6.07, 6.45) is 2.86. The summed E-state index contributed by atoms with van der Waals surface area (Å²) in [6.45, 7) is 8.55. The van der Waals surface area contributed by atoms with Crippen molar-refractivity contribution in [1.29, 1.82) is 0 Å². The van der Waals surface area contributed by atoms with E-state index in [1.807, 2.05) is 11.9 Å². The molecule has 0 bridgehead atoms. The highest BCUT2D eigenvalue weighted by molar-refractivity contribution is 5.86. The number of amides is 1. The first-order valence-electron chi connectivity index (χ1n) is 7.79. The molecule has 1 atom stereocenters. The van der Waals surface area contributed by atoms with Crippen molar-refractivity contribution in [3.05, 3.63) is 18.0 Å². The lowest BCUT2D eigenvalue weighted by Gasteiger charge is -2.42. The zero-order chi connectivity index (χ0) is 16.4. The number of piperidine rings is 1. The summed E-state index contributed by atoms with van der Waals surface area (Å²) in [5.41, 5.74) is -0.483. The predicted octanol–water partition coefficient (Wildman–Crippen LogP) is 1.51. The highest BCUT2D eigenvalue weighted by Crippen LogP contribution is 2.27. The lowest BCUT2D eigenvalue weighted by atomic mass is 9.88. The standard InChI is InChI=1S/C16H27N3O3/c1-15(2,3)11-19-8-5-7-16(21,14(19)20)12-18(4)10-13-6-9-22-17-13/h6,9,21H,5,7-8,10-12H2,1-4H3/t16-/m1/s1. The van der Waals surface area contributed by atoms with Gasteiger partial charge in [-0.05, 0) is 25.3 Å². The summed E-state index contributed by atoms with van der Waals surface area (Å²) in [7, 11) is 1.88. The smallest absolute Gasteiger partial charge is 0.255 e. The van der Waals surface area contributed by atoms with Crippen molar-refractivity contribution >= 4 is 5.91 Å². The van der Waals surface area contributed by atoms with Crippen molar-refractivity contribution in [2.45, 2.75) is 45.8 Å². The van der Waals surface area contributed by atoms with Gasteiger partial charge in [-0.2, -0.15) is 0 Å². The Bertz CT molecular complexity index is 495. The fourth-order valence-electron chi connectivity index (χ4n) is 3.03. The SMILES string of the molecule is CN(Cc1ccon1)C[C@]1(O)CCCN(CC(C)(C)C)C1=O. The van der Waals surface area contributed by atoms with E-state index in [0.717, 1.165) is 18.7 Å². The number of hydrogen-bond donors (Lipinski definition) is 1. The van der Waals surface area contributed by atoms with Gasteiger partial charge >= 0.3 is 0 Å². The quantitative estimate of drug-likeness (QED) is 0.893. The molecule has 1 aromatic rings. The largest absolute Gasteiger partial charge is 0.379 e. The van der Waals surface area contributed by atoms with Gasteiger partial charge in [-0.1, -0.05) is 25.9 Å². The van der Waals surface area contributed by atoms with Crippen molar-refractivity contribution in [1.82, 2.24) is 15.0 Å². The molecule has 1 aliphatic heterocycles. The zero-order valence-corrected chi connectivity index (χ0v) is 14.0. The second-order valence-electron chi connectivity index (χ2n) is 7.59.